The van der Waals surface area contributed by atoms with Crippen LogP contribution in [0.4, 0.5) is 0 Å². The lowest BCUT2D eigenvalue weighted by molar-refractivity contribution is 0.143. The zero-order valence-corrected chi connectivity index (χ0v) is 15.6. The molecule has 0 aromatic heterocycles. The van der Waals surface area contributed by atoms with Crippen molar-refractivity contribution in [2.24, 2.45) is 0 Å². The highest BCUT2D eigenvalue weighted by Gasteiger charge is 2.19. The Morgan fingerprint density at radius 2 is 1.67 bits per heavy atom. The second-order valence-electron chi connectivity index (χ2n) is 7.68. The van der Waals surface area contributed by atoms with Gasteiger partial charge >= 0.3 is 0 Å². The second kappa shape index (κ2) is 9.22. The van der Waals surface area contributed by atoms with E-state index in [0.29, 0.717) is 5.92 Å². The molecule has 1 saturated heterocycles. The molecule has 1 aliphatic heterocycles. The molecule has 2 nitrogen and oxygen atoms in total. The fraction of sp³-hybridized carbons (Fsp3) is 0.714. The fourth-order valence-electron chi connectivity index (χ4n) is 4.33. The Labute approximate surface area is 152 Å². The highest BCUT2D eigenvalue weighted by molar-refractivity contribution is 6.31. The first-order valence-corrected chi connectivity index (χ1v) is 10.3. The van der Waals surface area contributed by atoms with Gasteiger partial charge in [0, 0.05) is 11.6 Å². The third-order valence-electron chi connectivity index (χ3n) is 5.87. The van der Waals surface area contributed by atoms with Gasteiger partial charge in [-0.25, -0.2) is 0 Å². The minimum absolute atomic E-state index is 0.397. The van der Waals surface area contributed by atoms with Crippen molar-refractivity contribution in [1.82, 2.24) is 4.90 Å². The summed E-state index contributed by atoms with van der Waals surface area (Å²) in [6.07, 6.45) is 12.3. The molecule has 1 saturated carbocycles. The molecule has 134 valence electrons. The van der Waals surface area contributed by atoms with Crippen molar-refractivity contribution in [3.8, 4) is 0 Å². The lowest BCUT2D eigenvalue weighted by Gasteiger charge is -2.24. The van der Waals surface area contributed by atoms with Crippen LogP contribution in [-0.2, 0) is 0 Å². The molecule has 1 atom stereocenters. The van der Waals surface area contributed by atoms with E-state index in [4.69, 9.17) is 11.6 Å². The van der Waals surface area contributed by atoms with E-state index in [0.717, 1.165) is 23.6 Å². The molecule has 2 fully saturated rings. The molecule has 2 aliphatic rings. The quantitative estimate of drug-likeness (QED) is 0.738. The largest absolute Gasteiger partial charge is 0.388 e. The Bertz CT molecular complexity index is 505. The predicted molar refractivity (Wildman–Crippen MR) is 102 cm³/mol. The molecule has 1 aliphatic carbocycles. The van der Waals surface area contributed by atoms with Gasteiger partial charge in [-0.1, -0.05) is 55.8 Å². The second-order valence-corrected chi connectivity index (χ2v) is 8.08. The molecule has 1 aromatic carbocycles. The molecule has 24 heavy (non-hydrogen) atoms. The van der Waals surface area contributed by atoms with E-state index >= 15 is 0 Å². The van der Waals surface area contributed by atoms with Crippen LogP contribution in [-0.4, -0.2) is 29.6 Å². The fourth-order valence-corrected chi connectivity index (χ4v) is 4.67. The van der Waals surface area contributed by atoms with Gasteiger partial charge < -0.3 is 10.0 Å². The van der Waals surface area contributed by atoms with Gasteiger partial charge in [-0.15, -0.1) is 0 Å². The van der Waals surface area contributed by atoms with Crippen LogP contribution in [0.25, 0.3) is 0 Å². The average molecular weight is 350 g/mol. The normalized spacial score (nSPS) is 22.2. The third kappa shape index (κ3) is 4.97. The zero-order valence-electron chi connectivity index (χ0n) is 14.9. The van der Waals surface area contributed by atoms with Gasteiger partial charge in [0.1, 0.15) is 0 Å². The maximum absolute atomic E-state index is 10.6. The summed E-state index contributed by atoms with van der Waals surface area (Å²) in [6.45, 7) is 3.37. The maximum Gasteiger partial charge on any atom is 0.0802 e. The Balaban J connectivity index is 1.56. The van der Waals surface area contributed by atoms with Gasteiger partial charge in [0.05, 0.1) is 6.10 Å². The maximum atomic E-state index is 10.6. The van der Waals surface area contributed by atoms with E-state index in [1.807, 2.05) is 6.07 Å². The number of aliphatic hydroxyl groups is 1. The van der Waals surface area contributed by atoms with Gasteiger partial charge in [0.25, 0.3) is 0 Å². The molecular weight excluding hydrogens is 318 g/mol. The van der Waals surface area contributed by atoms with Crippen LogP contribution in [0.5, 0.6) is 0 Å². The summed E-state index contributed by atoms with van der Waals surface area (Å²) in [5.74, 6) is 0.620. The predicted octanol–water partition coefficient (Wildman–Crippen LogP) is 5.69. The summed E-state index contributed by atoms with van der Waals surface area (Å²) >= 11 is 6.56. The van der Waals surface area contributed by atoms with Crippen molar-refractivity contribution in [2.75, 3.05) is 19.6 Å². The highest BCUT2D eigenvalue weighted by atomic mass is 35.5. The van der Waals surface area contributed by atoms with Crippen LogP contribution in [0.2, 0.25) is 5.02 Å². The molecular formula is C21H32ClNO. The molecule has 3 heteroatoms. The lowest BCUT2D eigenvalue weighted by Crippen LogP contribution is -2.26. The average Bonchev–Trinajstić information content (AvgIpc) is 2.89. The van der Waals surface area contributed by atoms with E-state index in [1.54, 1.807) is 0 Å². The van der Waals surface area contributed by atoms with Crippen LogP contribution < -0.4 is 0 Å². The highest BCUT2D eigenvalue weighted by Crippen LogP contribution is 2.37. The lowest BCUT2D eigenvalue weighted by atomic mass is 9.83. The van der Waals surface area contributed by atoms with Gasteiger partial charge in [-0.2, -0.15) is 0 Å². The van der Waals surface area contributed by atoms with Crippen LogP contribution in [0.15, 0.2) is 18.2 Å². The first-order chi connectivity index (χ1) is 11.7. The van der Waals surface area contributed by atoms with Crippen LogP contribution in [0, 0.1) is 0 Å². The molecule has 0 bridgehead atoms. The van der Waals surface area contributed by atoms with Crippen LogP contribution >= 0.6 is 11.6 Å². The van der Waals surface area contributed by atoms with Crippen LogP contribution in [0.3, 0.4) is 0 Å². The van der Waals surface area contributed by atoms with Crippen molar-refractivity contribution < 1.29 is 5.11 Å². The minimum atomic E-state index is -0.397. The summed E-state index contributed by atoms with van der Waals surface area (Å²) in [4.78, 5) is 2.51. The van der Waals surface area contributed by atoms with E-state index in [2.05, 4.69) is 17.0 Å². The van der Waals surface area contributed by atoms with Crippen molar-refractivity contribution >= 4 is 11.6 Å². The van der Waals surface area contributed by atoms with E-state index in [9.17, 15) is 5.11 Å². The number of hydrogen-bond acceptors (Lipinski definition) is 2. The van der Waals surface area contributed by atoms with E-state index < -0.39 is 6.10 Å². The van der Waals surface area contributed by atoms with E-state index in [1.165, 1.54) is 76.4 Å². The monoisotopic (exact) mass is 349 g/mol. The molecule has 1 heterocycles. The Morgan fingerprint density at radius 1 is 1.00 bits per heavy atom. The molecule has 1 N–H and O–H groups in total. The minimum Gasteiger partial charge on any atom is -0.388 e. The summed E-state index contributed by atoms with van der Waals surface area (Å²) in [7, 11) is 0. The SMILES string of the molecule is OC(CCN1CCCCCC1)c1ccc(C2CCCCC2)c(Cl)c1. The number of halogens is 1. The first kappa shape index (κ1) is 18.2. The summed E-state index contributed by atoms with van der Waals surface area (Å²) < 4.78 is 0. The molecule has 0 radical (unpaired) electrons. The standard InChI is InChI=1S/C21H32ClNO/c22-20-16-18(10-11-19(20)17-8-4-3-5-9-17)21(24)12-15-23-13-6-1-2-7-14-23/h10-11,16-17,21,24H,1-9,12-15H2. The zero-order chi connectivity index (χ0) is 16.8. The molecule has 3 rings (SSSR count). The number of benzene rings is 1. The Kier molecular flexibility index (Phi) is 7.00. The number of likely N-dealkylation sites (tertiary alicyclic amines) is 1. The third-order valence-corrected chi connectivity index (χ3v) is 6.20. The number of rotatable bonds is 5. The molecule has 1 aromatic rings. The number of hydrogen-bond donors (Lipinski definition) is 1. The van der Waals surface area contributed by atoms with Crippen molar-refractivity contribution in [3.63, 3.8) is 0 Å². The smallest absolute Gasteiger partial charge is 0.0802 e. The van der Waals surface area contributed by atoms with E-state index in [-0.39, 0.29) is 0 Å². The molecule has 0 spiro atoms. The first-order valence-electron chi connectivity index (χ1n) is 9.94. The number of nitrogens with zero attached hydrogens (tertiary/aromatic N) is 1. The van der Waals surface area contributed by atoms with Crippen molar-refractivity contribution in [3.05, 3.63) is 34.3 Å². The Morgan fingerprint density at radius 3 is 2.33 bits per heavy atom. The Hall–Kier alpha value is -0.570. The molecule has 0 amide bonds. The van der Waals surface area contributed by atoms with Crippen molar-refractivity contribution in [1.29, 1.82) is 0 Å². The van der Waals surface area contributed by atoms with Gasteiger partial charge in [-0.3, -0.25) is 0 Å². The topological polar surface area (TPSA) is 23.5 Å². The number of aliphatic hydroxyl groups excluding tert-OH is 1. The van der Waals surface area contributed by atoms with Gasteiger partial charge in [0.2, 0.25) is 0 Å². The molecule has 1 unspecified atom stereocenters. The summed E-state index contributed by atoms with van der Waals surface area (Å²) in [5, 5.41) is 11.4. The van der Waals surface area contributed by atoms with Crippen LogP contribution in [0.1, 0.15) is 87.4 Å². The summed E-state index contributed by atoms with van der Waals surface area (Å²) in [6, 6.07) is 6.28. The van der Waals surface area contributed by atoms with Gasteiger partial charge in [-0.05, 0) is 68.3 Å². The van der Waals surface area contributed by atoms with Gasteiger partial charge in [0.15, 0.2) is 0 Å². The van der Waals surface area contributed by atoms with Crippen molar-refractivity contribution in [2.45, 2.75) is 76.2 Å². The summed E-state index contributed by atoms with van der Waals surface area (Å²) in [5.41, 5.74) is 2.27.